The van der Waals surface area contributed by atoms with Gasteiger partial charge in [-0.1, -0.05) is 5.10 Å². The number of nitrogens with one attached hydrogen (secondary N) is 1. The van der Waals surface area contributed by atoms with E-state index in [2.05, 4.69) is 20.6 Å². The number of aryl methyl sites for hydroxylation is 1. The first-order valence-electron chi connectivity index (χ1n) is 7.08. The third-order valence-electron chi connectivity index (χ3n) is 3.23. The summed E-state index contributed by atoms with van der Waals surface area (Å²) < 4.78 is 6.91. The van der Waals surface area contributed by atoms with E-state index in [1.165, 1.54) is 36.4 Å². The number of benzene rings is 1. The monoisotopic (exact) mass is 340 g/mol. The number of hydrogen-bond acceptors (Lipinski definition) is 7. The highest BCUT2D eigenvalue weighted by Crippen LogP contribution is 2.18. The molecule has 0 saturated carbocycles. The molecule has 3 aromatic rings. The highest BCUT2D eigenvalue weighted by molar-refractivity contribution is 6.00. The van der Waals surface area contributed by atoms with Crippen molar-refractivity contribution in [3.05, 3.63) is 58.3 Å². The first kappa shape index (κ1) is 16.1. The minimum atomic E-state index is -0.490. The Labute approximate surface area is 140 Å². The van der Waals surface area contributed by atoms with Crippen LogP contribution in [-0.2, 0) is 11.8 Å². The van der Waals surface area contributed by atoms with Crippen LogP contribution >= 0.6 is 0 Å². The van der Waals surface area contributed by atoms with Crippen molar-refractivity contribution in [1.82, 2.24) is 20.0 Å². The molecular weight excluding hydrogens is 328 g/mol. The number of rotatable bonds is 5. The summed E-state index contributed by atoms with van der Waals surface area (Å²) in [5.41, 5.74) is 1.24. The molecule has 10 nitrogen and oxygen atoms in total. The molecule has 0 atom stereocenters. The van der Waals surface area contributed by atoms with Gasteiger partial charge in [-0.25, -0.2) is 0 Å². The Hall–Kier alpha value is -3.82. The molecule has 1 N–H and O–H groups in total. The van der Waals surface area contributed by atoms with Gasteiger partial charge in [0.05, 0.1) is 4.92 Å². The average Bonchev–Trinajstić information content (AvgIpc) is 3.22. The summed E-state index contributed by atoms with van der Waals surface area (Å²) in [5, 5.41) is 24.6. The van der Waals surface area contributed by atoms with E-state index in [0.29, 0.717) is 11.3 Å². The third kappa shape index (κ3) is 3.75. The van der Waals surface area contributed by atoms with Gasteiger partial charge in [0, 0.05) is 31.5 Å². The first-order valence-corrected chi connectivity index (χ1v) is 7.08. The summed E-state index contributed by atoms with van der Waals surface area (Å²) in [4.78, 5) is 22.0. The fraction of sp³-hybridized carbons (Fsp3) is 0.0667. The van der Waals surface area contributed by atoms with Crippen molar-refractivity contribution >= 4 is 23.7 Å². The number of carbonyl (C=O) groups excluding carboxylic acids is 1. The number of nitro groups is 1. The molecule has 0 bridgehead atoms. The number of non-ortho nitro benzene ring substituents is 1. The highest BCUT2D eigenvalue weighted by Gasteiger charge is 2.12. The van der Waals surface area contributed by atoms with Crippen molar-refractivity contribution in [2.75, 3.05) is 5.32 Å². The summed E-state index contributed by atoms with van der Waals surface area (Å²) in [5.74, 6) is -0.242. The molecule has 0 aliphatic carbocycles. The molecular formula is C15H12N6O4. The molecule has 126 valence electrons. The van der Waals surface area contributed by atoms with Crippen LogP contribution in [0.3, 0.4) is 0 Å². The Morgan fingerprint density at radius 2 is 2.04 bits per heavy atom. The molecule has 2 aromatic heterocycles. The highest BCUT2D eigenvalue weighted by atomic mass is 16.6. The molecule has 1 amide bonds. The lowest BCUT2D eigenvalue weighted by Crippen LogP contribution is -2.07. The maximum Gasteiger partial charge on any atom is 0.322 e. The molecule has 10 heteroatoms. The fourth-order valence-electron chi connectivity index (χ4n) is 1.99. The predicted molar refractivity (Wildman–Crippen MR) is 87.3 cm³/mol. The van der Waals surface area contributed by atoms with E-state index < -0.39 is 10.8 Å². The zero-order valence-electron chi connectivity index (χ0n) is 13.0. The molecule has 0 aliphatic heterocycles. The number of nitro benzene ring substituents is 1. The van der Waals surface area contributed by atoms with Crippen LogP contribution in [0.15, 0.2) is 47.0 Å². The summed E-state index contributed by atoms with van der Waals surface area (Å²) in [6.07, 6.45) is 4.36. The number of hydrogen-bond donors (Lipinski definition) is 1. The van der Waals surface area contributed by atoms with Gasteiger partial charge in [-0.3, -0.25) is 24.9 Å². The van der Waals surface area contributed by atoms with Gasteiger partial charge < -0.3 is 4.42 Å². The lowest BCUT2D eigenvalue weighted by Gasteiger charge is -1.96. The molecule has 0 spiro atoms. The molecule has 1 aromatic carbocycles. The number of anilines is 1. The van der Waals surface area contributed by atoms with E-state index in [4.69, 9.17) is 4.42 Å². The molecule has 0 aliphatic rings. The van der Waals surface area contributed by atoms with E-state index in [0.717, 1.165) is 0 Å². The smallest absolute Gasteiger partial charge is 0.322 e. The van der Waals surface area contributed by atoms with Crippen molar-refractivity contribution in [3.8, 4) is 11.6 Å². The van der Waals surface area contributed by atoms with Crippen LogP contribution in [0.2, 0.25) is 0 Å². The maximum absolute atomic E-state index is 11.9. The van der Waals surface area contributed by atoms with Gasteiger partial charge in [-0.05, 0) is 29.8 Å². The lowest BCUT2D eigenvalue weighted by molar-refractivity contribution is -0.384. The van der Waals surface area contributed by atoms with Gasteiger partial charge >= 0.3 is 6.01 Å². The Kier molecular flexibility index (Phi) is 4.33. The summed E-state index contributed by atoms with van der Waals surface area (Å²) >= 11 is 0. The Morgan fingerprint density at radius 1 is 1.28 bits per heavy atom. The Balaban J connectivity index is 1.63. The summed E-state index contributed by atoms with van der Waals surface area (Å²) in [6, 6.07) is 7.44. The van der Waals surface area contributed by atoms with Crippen molar-refractivity contribution in [2.24, 2.45) is 7.05 Å². The van der Waals surface area contributed by atoms with E-state index >= 15 is 0 Å². The molecule has 0 unspecified atom stereocenters. The van der Waals surface area contributed by atoms with Gasteiger partial charge in [0.25, 0.3) is 17.5 Å². The van der Waals surface area contributed by atoms with E-state index in [1.807, 2.05) is 0 Å². The van der Waals surface area contributed by atoms with Crippen LogP contribution in [-0.4, -0.2) is 30.8 Å². The minimum Gasteiger partial charge on any atom is -0.401 e. The summed E-state index contributed by atoms with van der Waals surface area (Å²) in [6.45, 7) is 0. The van der Waals surface area contributed by atoms with Crippen molar-refractivity contribution in [3.63, 3.8) is 0 Å². The van der Waals surface area contributed by atoms with Gasteiger partial charge in [0.1, 0.15) is 5.69 Å². The molecule has 3 rings (SSSR count). The third-order valence-corrected chi connectivity index (χ3v) is 3.23. The fourth-order valence-corrected chi connectivity index (χ4v) is 1.99. The quantitative estimate of drug-likeness (QED) is 0.427. The van der Waals surface area contributed by atoms with Crippen LogP contribution in [0.25, 0.3) is 17.7 Å². The van der Waals surface area contributed by atoms with Crippen LogP contribution in [0, 0.1) is 10.1 Å². The molecule has 0 radical (unpaired) electrons. The second kappa shape index (κ2) is 6.74. The van der Waals surface area contributed by atoms with Crippen molar-refractivity contribution < 1.29 is 14.1 Å². The van der Waals surface area contributed by atoms with Gasteiger partial charge in [-0.2, -0.15) is 5.10 Å². The van der Waals surface area contributed by atoms with Gasteiger partial charge in [0.2, 0.25) is 0 Å². The topological polar surface area (TPSA) is 129 Å². The second-order valence-corrected chi connectivity index (χ2v) is 4.92. The van der Waals surface area contributed by atoms with Crippen LogP contribution < -0.4 is 5.32 Å². The lowest BCUT2D eigenvalue weighted by atomic mass is 10.2. The van der Waals surface area contributed by atoms with Crippen molar-refractivity contribution in [2.45, 2.75) is 0 Å². The van der Waals surface area contributed by atoms with Gasteiger partial charge in [-0.15, -0.1) is 5.10 Å². The Bertz CT molecular complexity index is 941. The second-order valence-electron chi connectivity index (χ2n) is 4.92. The van der Waals surface area contributed by atoms with E-state index in [1.54, 1.807) is 24.0 Å². The normalized spacial score (nSPS) is 10.9. The zero-order chi connectivity index (χ0) is 17.8. The van der Waals surface area contributed by atoms with Gasteiger partial charge in [0.15, 0.2) is 0 Å². The SMILES string of the molecule is Cn1nccc1-c1nnc(NC(=O)/C=C\c2ccc([N+](=O)[O-])cc2)o1. The van der Waals surface area contributed by atoms with Crippen LogP contribution in [0.4, 0.5) is 11.7 Å². The minimum absolute atomic E-state index is 0.0184. The predicted octanol–water partition coefficient (Wildman–Crippen LogP) is 2.03. The van der Waals surface area contributed by atoms with E-state index in [9.17, 15) is 14.9 Å². The number of amides is 1. The first-order chi connectivity index (χ1) is 12.0. The Morgan fingerprint density at radius 3 is 2.68 bits per heavy atom. The maximum atomic E-state index is 11.9. The molecule has 0 fully saturated rings. The number of aromatic nitrogens is 4. The number of carbonyl (C=O) groups is 1. The zero-order valence-corrected chi connectivity index (χ0v) is 13.0. The van der Waals surface area contributed by atoms with Crippen LogP contribution in [0.1, 0.15) is 5.56 Å². The number of nitrogens with zero attached hydrogens (tertiary/aromatic N) is 5. The average molecular weight is 340 g/mol. The molecule has 25 heavy (non-hydrogen) atoms. The standard InChI is InChI=1S/C15H12N6O4/c1-20-12(8-9-16-20)14-18-19-15(25-14)17-13(22)7-4-10-2-5-11(6-3-10)21(23)24/h2-9H,1H3,(H,17,19,22)/b7-4-. The van der Waals surface area contributed by atoms with E-state index in [-0.39, 0.29) is 17.6 Å². The summed E-state index contributed by atoms with van der Waals surface area (Å²) in [7, 11) is 1.73. The molecule has 0 saturated heterocycles. The largest absolute Gasteiger partial charge is 0.401 e. The molecule has 2 heterocycles. The van der Waals surface area contributed by atoms with Crippen LogP contribution in [0.5, 0.6) is 0 Å². The van der Waals surface area contributed by atoms with Crippen molar-refractivity contribution in [1.29, 1.82) is 0 Å².